The summed E-state index contributed by atoms with van der Waals surface area (Å²) in [6, 6.07) is 3.33. The first kappa shape index (κ1) is 22.1. The van der Waals surface area contributed by atoms with Crippen LogP contribution in [0.25, 0.3) is 11.4 Å². The summed E-state index contributed by atoms with van der Waals surface area (Å²) in [5.41, 5.74) is -0.682. The van der Waals surface area contributed by atoms with Gasteiger partial charge in [-0.15, -0.1) is 0 Å². The lowest BCUT2D eigenvalue weighted by molar-refractivity contribution is -0.154. The van der Waals surface area contributed by atoms with Gasteiger partial charge in [-0.3, -0.25) is 29.9 Å². The number of nitrogens with zero attached hydrogens (tertiary/aromatic N) is 3. The van der Waals surface area contributed by atoms with Gasteiger partial charge in [-0.2, -0.15) is 9.89 Å². The van der Waals surface area contributed by atoms with E-state index in [4.69, 9.17) is 12.2 Å². The molecule has 166 valence electrons. The van der Waals surface area contributed by atoms with E-state index in [9.17, 15) is 34.7 Å². The van der Waals surface area contributed by atoms with Crippen molar-refractivity contribution in [2.75, 3.05) is 12.4 Å². The van der Waals surface area contributed by atoms with Gasteiger partial charge < -0.3 is 25.2 Å². The van der Waals surface area contributed by atoms with E-state index in [0.717, 1.165) is 19.2 Å². The number of esters is 1. The number of ketones is 2. The number of anilines is 1. The fraction of sp³-hybridized carbons (Fsp3) is 0.125. The number of carbonyl (C=O) groups is 4. The van der Waals surface area contributed by atoms with Gasteiger partial charge in [0.25, 0.3) is 11.7 Å². The molecule has 32 heavy (non-hydrogen) atoms. The molecule has 2 heterocycles. The number of H-pyrrole nitrogens is 3. The lowest BCUT2D eigenvalue weighted by Gasteiger charge is -2.16. The minimum atomic E-state index is -2.19. The average Bonchev–Trinajstić information content (AvgIpc) is 3.17. The fourth-order valence-electron chi connectivity index (χ4n) is 2.63. The molecule has 2 aliphatic rings. The Labute approximate surface area is 181 Å². The van der Waals surface area contributed by atoms with Crippen LogP contribution in [0, 0.1) is 15.2 Å². The summed E-state index contributed by atoms with van der Waals surface area (Å²) in [5.74, 6) is -9.12. The van der Waals surface area contributed by atoms with Crippen molar-refractivity contribution >= 4 is 41.6 Å². The number of fused-ring (bicyclic) bond motifs is 1. The molecule has 1 aliphatic carbocycles. The van der Waals surface area contributed by atoms with Crippen molar-refractivity contribution in [3.05, 3.63) is 44.4 Å². The first-order valence-corrected chi connectivity index (χ1v) is 8.85. The van der Waals surface area contributed by atoms with E-state index in [1.807, 2.05) is 5.32 Å². The summed E-state index contributed by atoms with van der Waals surface area (Å²) in [4.78, 5) is 58.8. The highest BCUT2D eigenvalue weighted by molar-refractivity contribution is 7.71. The molecule has 16 heteroatoms. The fourth-order valence-corrected chi connectivity index (χ4v) is 2.77. The average molecular weight is 462 g/mol. The number of aromatic nitrogens is 5. The maximum atomic E-state index is 12.8. The molecule has 1 aromatic heterocycles. The Morgan fingerprint density at radius 2 is 1.91 bits per heavy atom. The standard InChI is InChI=1S/C16H12N7O8S/c1-31-14(28)11(25)8(10(24)13(27)19-15-20-16(32)22-21-15)9-12(26)18-7-4-5(23(29)30)2-3-6(7)17-9/h2-4,8H,1H3,(H5-,17,18,19,20,21,22,24,25,26,27,28,29,30,32)/q-1. The second-order valence-corrected chi connectivity index (χ2v) is 6.44. The molecule has 5 N–H and O–H groups in total. The Bertz CT molecular complexity index is 1340. The number of rotatable bonds is 6. The van der Waals surface area contributed by atoms with Crippen LogP contribution in [0.15, 0.2) is 18.2 Å². The van der Waals surface area contributed by atoms with E-state index < -0.39 is 45.8 Å². The molecular formula is C16H12N7O8S-. The maximum Gasteiger partial charge on any atom is 0.375 e. The molecular weight excluding hydrogens is 450 g/mol. The van der Waals surface area contributed by atoms with Crippen molar-refractivity contribution in [2.45, 2.75) is 5.92 Å². The molecule has 0 spiro atoms. The van der Waals surface area contributed by atoms with Gasteiger partial charge in [-0.05, 0) is 18.3 Å². The van der Waals surface area contributed by atoms with Crippen molar-refractivity contribution in [3.63, 3.8) is 0 Å². The normalized spacial score (nSPS) is 11.5. The quantitative estimate of drug-likeness (QED) is 0.0959. The number of methoxy groups -OCH3 is 1. The molecule has 3 rings (SSSR count). The van der Waals surface area contributed by atoms with Crippen LogP contribution >= 0.6 is 12.2 Å². The Kier molecular flexibility index (Phi) is 5.97. The third kappa shape index (κ3) is 4.29. The van der Waals surface area contributed by atoms with E-state index in [2.05, 4.69) is 29.9 Å². The molecule has 1 unspecified atom stereocenters. The highest BCUT2D eigenvalue weighted by Gasteiger charge is 2.41. The number of hydrogen-bond acceptors (Lipinski definition) is 11. The Hall–Kier alpha value is -4.60. The van der Waals surface area contributed by atoms with E-state index in [0.29, 0.717) is 0 Å². The van der Waals surface area contributed by atoms with Crippen molar-refractivity contribution in [1.82, 2.24) is 30.1 Å². The van der Waals surface area contributed by atoms with Crippen LogP contribution in [-0.2, 0) is 23.9 Å². The summed E-state index contributed by atoms with van der Waals surface area (Å²) in [6.45, 7) is 0. The second-order valence-electron chi connectivity index (χ2n) is 6.05. The minimum absolute atomic E-state index is 0.00402. The van der Waals surface area contributed by atoms with Gasteiger partial charge in [-0.25, -0.2) is 9.78 Å². The summed E-state index contributed by atoms with van der Waals surface area (Å²) < 4.78 is 4.30. The minimum Gasteiger partial charge on any atom is -0.612 e. The van der Waals surface area contributed by atoms with Gasteiger partial charge in [0.15, 0.2) is 0 Å². The van der Waals surface area contributed by atoms with E-state index in [1.165, 1.54) is 6.07 Å². The van der Waals surface area contributed by atoms with E-state index >= 15 is 0 Å². The third-order valence-corrected chi connectivity index (χ3v) is 4.26. The number of aromatic amines is 3. The lowest BCUT2D eigenvalue weighted by Crippen LogP contribution is -2.37. The number of nitrogens with one attached hydrogen (secondary N) is 4. The Balaban J connectivity index is 2.09. The summed E-state index contributed by atoms with van der Waals surface area (Å²) in [7, 11) is 0.880. The summed E-state index contributed by atoms with van der Waals surface area (Å²) >= 11 is 4.72. The summed E-state index contributed by atoms with van der Waals surface area (Å²) in [5, 5.41) is 38.6. The molecule has 0 fully saturated rings. The van der Waals surface area contributed by atoms with Gasteiger partial charge in [0.05, 0.1) is 18.5 Å². The first-order valence-electron chi connectivity index (χ1n) is 8.44. The monoisotopic (exact) mass is 462 g/mol. The number of hydrogen-bond donors (Lipinski definition) is 5. The molecule has 1 atom stereocenters. The molecule has 0 radical (unpaired) electrons. The third-order valence-electron chi connectivity index (χ3n) is 4.07. The smallest absolute Gasteiger partial charge is 0.375 e. The number of benzene rings is 1. The number of aromatic hydroxyl groups is 1. The van der Waals surface area contributed by atoms with Crippen LogP contribution in [0.2, 0.25) is 0 Å². The van der Waals surface area contributed by atoms with Gasteiger partial charge >= 0.3 is 5.97 Å². The van der Waals surface area contributed by atoms with Crippen molar-refractivity contribution < 1.29 is 29.0 Å². The molecule has 0 saturated heterocycles. The zero-order valence-electron chi connectivity index (χ0n) is 15.9. The molecule has 0 saturated carbocycles. The molecule has 1 aromatic rings. The SMILES string of the molecule is COC(=O)C(=O)C(C(=O)C(=O)Nc1nc(=S)[nH][nH]1)c1nc2ccc(=[N+]([O-])[O-])cc-2[nH]c1O. The molecule has 0 aromatic carbocycles. The molecule has 0 bridgehead atoms. The van der Waals surface area contributed by atoms with Crippen molar-refractivity contribution in [3.8, 4) is 17.3 Å². The zero-order chi connectivity index (χ0) is 23.6. The number of ether oxygens (including phenoxy) is 1. The highest BCUT2D eigenvalue weighted by atomic mass is 32.1. The molecule has 1 aliphatic heterocycles. The maximum absolute atomic E-state index is 12.8. The summed E-state index contributed by atoms with van der Waals surface area (Å²) in [6.07, 6.45) is 0. The second kappa shape index (κ2) is 8.64. The zero-order valence-corrected chi connectivity index (χ0v) is 16.7. The van der Waals surface area contributed by atoms with E-state index in [1.54, 1.807) is 0 Å². The van der Waals surface area contributed by atoms with Gasteiger partial charge in [0.2, 0.25) is 27.7 Å². The van der Waals surface area contributed by atoms with Gasteiger partial charge in [0.1, 0.15) is 11.6 Å². The molecule has 15 nitrogen and oxygen atoms in total. The number of amides is 1. The topological polar surface area (TPSA) is 232 Å². The van der Waals surface area contributed by atoms with Crippen LogP contribution in [0.3, 0.4) is 0 Å². The van der Waals surface area contributed by atoms with Gasteiger partial charge in [-0.1, -0.05) is 0 Å². The van der Waals surface area contributed by atoms with Crippen molar-refractivity contribution in [1.29, 1.82) is 0 Å². The van der Waals surface area contributed by atoms with Crippen molar-refractivity contribution in [2.24, 2.45) is 0 Å². The Morgan fingerprint density at radius 1 is 1.19 bits per heavy atom. The van der Waals surface area contributed by atoms with Crippen LogP contribution in [0.5, 0.6) is 5.88 Å². The van der Waals surface area contributed by atoms with Crippen LogP contribution in [-0.4, -0.2) is 60.8 Å². The van der Waals surface area contributed by atoms with Crippen LogP contribution < -0.4 is 15.6 Å². The van der Waals surface area contributed by atoms with E-state index in [-0.39, 0.29) is 27.5 Å². The van der Waals surface area contributed by atoms with Crippen LogP contribution in [0.4, 0.5) is 5.95 Å². The van der Waals surface area contributed by atoms with Gasteiger partial charge in [0, 0.05) is 12.1 Å². The first-order chi connectivity index (χ1) is 15.1. The predicted octanol–water partition coefficient (Wildman–Crippen LogP) is -1.20. The lowest BCUT2D eigenvalue weighted by atomic mass is 9.93. The number of carbonyl (C=O) groups excluding carboxylic acids is 4. The Morgan fingerprint density at radius 3 is 2.50 bits per heavy atom. The van der Waals surface area contributed by atoms with Crippen LogP contribution in [0.1, 0.15) is 11.6 Å². The number of Topliss-reactive ketones (excluding diaryl/α,β-unsaturated/α-hetero) is 2. The largest absolute Gasteiger partial charge is 0.612 e. The predicted molar refractivity (Wildman–Crippen MR) is 106 cm³/mol. The highest BCUT2D eigenvalue weighted by Crippen LogP contribution is 2.29. The molecule has 1 amide bonds.